The maximum atomic E-state index is 12.8. The fraction of sp³-hybridized carbons (Fsp3) is 0.579. The Morgan fingerprint density at radius 2 is 1.75 bits per heavy atom. The van der Waals surface area contributed by atoms with Gasteiger partial charge in [0, 0.05) is 25.4 Å². The van der Waals surface area contributed by atoms with Gasteiger partial charge in [-0.25, -0.2) is 13.2 Å². The first kappa shape index (κ1) is 22.3. The lowest BCUT2D eigenvalue weighted by molar-refractivity contribution is -0.151. The molecule has 0 spiro atoms. The fourth-order valence-corrected chi connectivity index (χ4v) is 4.50. The number of sulfonamides is 1. The first-order chi connectivity index (χ1) is 13.3. The number of hydrogen-bond donors (Lipinski definition) is 1. The van der Waals surface area contributed by atoms with Gasteiger partial charge in [0.15, 0.2) is 6.61 Å². The molecule has 1 saturated carbocycles. The molecule has 1 aliphatic rings. The van der Waals surface area contributed by atoms with E-state index < -0.39 is 28.5 Å². The Morgan fingerprint density at radius 1 is 1.11 bits per heavy atom. The molecule has 1 aromatic carbocycles. The predicted molar refractivity (Wildman–Crippen MR) is 104 cm³/mol. The Kier molecular flexibility index (Phi) is 8.40. The third-order valence-corrected chi connectivity index (χ3v) is 6.62. The van der Waals surface area contributed by atoms with Crippen LogP contribution in [0.4, 0.5) is 5.69 Å². The van der Waals surface area contributed by atoms with Crippen LogP contribution in [-0.4, -0.2) is 57.5 Å². The Balaban J connectivity index is 1.91. The molecule has 28 heavy (non-hydrogen) atoms. The topological polar surface area (TPSA) is 102 Å². The number of nitrogens with one attached hydrogen (secondary N) is 1. The normalized spacial score (nSPS) is 15.4. The minimum absolute atomic E-state index is 0.0319. The second kappa shape index (κ2) is 10.5. The van der Waals surface area contributed by atoms with Crippen molar-refractivity contribution in [3.05, 3.63) is 24.3 Å². The molecule has 9 heteroatoms. The van der Waals surface area contributed by atoms with E-state index in [0.717, 1.165) is 32.1 Å². The lowest BCUT2D eigenvalue weighted by Crippen LogP contribution is -2.38. The number of benzene rings is 1. The average Bonchev–Trinajstić information content (AvgIpc) is 2.71. The molecule has 1 amide bonds. The second-order valence-corrected chi connectivity index (χ2v) is 8.68. The van der Waals surface area contributed by atoms with E-state index in [9.17, 15) is 18.0 Å². The summed E-state index contributed by atoms with van der Waals surface area (Å²) in [5.74, 6) is -1.14. The molecule has 1 N–H and O–H groups in total. The highest BCUT2D eigenvalue weighted by Gasteiger charge is 2.28. The van der Waals surface area contributed by atoms with Crippen molar-refractivity contribution in [1.29, 1.82) is 0 Å². The molecule has 1 aliphatic carbocycles. The van der Waals surface area contributed by atoms with Crippen molar-refractivity contribution in [1.82, 2.24) is 4.31 Å². The third-order valence-electron chi connectivity index (χ3n) is 4.69. The van der Waals surface area contributed by atoms with Crippen LogP contribution in [0.5, 0.6) is 0 Å². The number of rotatable bonds is 9. The summed E-state index contributed by atoms with van der Waals surface area (Å²) >= 11 is 0. The minimum Gasteiger partial charge on any atom is -0.454 e. The standard InChI is InChI=1S/C19H28N2O6S/c1-3-26-14-19(23)27-13-18(22)20-15-9-11-17(12-10-15)28(24,25)21(2)16-7-5-4-6-8-16/h9-12,16H,3-8,13-14H2,1-2H3,(H,20,22). The Bertz CT molecular complexity index is 757. The van der Waals surface area contributed by atoms with Crippen molar-refractivity contribution in [2.45, 2.75) is 50.0 Å². The predicted octanol–water partition coefficient (Wildman–Crippen LogP) is 2.16. The van der Waals surface area contributed by atoms with Crippen molar-refractivity contribution in [3.8, 4) is 0 Å². The molecule has 8 nitrogen and oxygen atoms in total. The van der Waals surface area contributed by atoms with Crippen LogP contribution in [0.15, 0.2) is 29.2 Å². The Labute approximate surface area is 166 Å². The molecule has 0 saturated heterocycles. The molecule has 1 fully saturated rings. The summed E-state index contributed by atoms with van der Waals surface area (Å²) in [5.41, 5.74) is 0.421. The highest BCUT2D eigenvalue weighted by molar-refractivity contribution is 7.89. The Hall–Kier alpha value is -1.97. The first-order valence-corrected chi connectivity index (χ1v) is 10.9. The van der Waals surface area contributed by atoms with Crippen molar-refractivity contribution in [3.63, 3.8) is 0 Å². The maximum Gasteiger partial charge on any atom is 0.332 e. The Morgan fingerprint density at radius 3 is 2.36 bits per heavy atom. The number of carbonyl (C=O) groups is 2. The zero-order valence-electron chi connectivity index (χ0n) is 16.3. The number of hydrogen-bond acceptors (Lipinski definition) is 6. The first-order valence-electron chi connectivity index (χ1n) is 9.46. The van der Waals surface area contributed by atoms with Gasteiger partial charge < -0.3 is 14.8 Å². The van der Waals surface area contributed by atoms with E-state index in [-0.39, 0.29) is 17.5 Å². The van der Waals surface area contributed by atoms with Crippen LogP contribution in [0.2, 0.25) is 0 Å². The molecular weight excluding hydrogens is 384 g/mol. The number of esters is 1. The lowest BCUT2D eigenvalue weighted by Gasteiger charge is -2.30. The van der Waals surface area contributed by atoms with Crippen molar-refractivity contribution >= 4 is 27.6 Å². The zero-order valence-corrected chi connectivity index (χ0v) is 17.2. The summed E-state index contributed by atoms with van der Waals surface area (Å²) in [7, 11) is -1.95. The van der Waals surface area contributed by atoms with E-state index >= 15 is 0 Å². The number of ether oxygens (including phenoxy) is 2. The molecule has 0 atom stereocenters. The van der Waals surface area contributed by atoms with Gasteiger partial charge in [0.05, 0.1) is 4.90 Å². The molecule has 2 rings (SSSR count). The van der Waals surface area contributed by atoms with Crippen LogP contribution < -0.4 is 5.32 Å². The van der Waals surface area contributed by atoms with Gasteiger partial charge in [-0.1, -0.05) is 19.3 Å². The van der Waals surface area contributed by atoms with Crippen LogP contribution in [-0.2, 0) is 29.1 Å². The van der Waals surface area contributed by atoms with Gasteiger partial charge in [-0.2, -0.15) is 4.31 Å². The van der Waals surface area contributed by atoms with E-state index in [4.69, 9.17) is 9.47 Å². The van der Waals surface area contributed by atoms with Crippen LogP contribution in [0.3, 0.4) is 0 Å². The van der Waals surface area contributed by atoms with Crippen molar-refractivity contribution in [2.24, 2.45) is 0 Å². The molecule has 1 aromatic rings. The van der Waals surface area contributed by atoms with Gasteiger partial charge >= 0.3 is 5.97 Å². The SMILES string of the molecule is CCOCC(=O)OCC(=O)Nc1ccc(S(=O)(=O)N(C)C2CCCCC2)cc1. The van der Waals surface area contributed by atoms with Crippen molar-refractivity contribution in [2.75, 3.05) is 32.2 Å². The van der Waals surface area contributed by atoms with Gasteiger partial charge in [0.25, 0.3) is 5.91 Å². The number of nitrogens with zero attached hydrogens (tertiary/aromatic N) is 1. The summed E-state index contributed by atoms with van der Waals surface area (Å²) in [6, 6.07) is 5.99. The summed E-state index contributed by atoms with van der Waals surface area (Å²) in [5, 5.41) is 2.56. The van der Waals surface area contributed by atoms with Crippen LogP contribution in [0.1, 0.15) is 39.0 Å². The zero-order chi connectivity index (χ0) is 20.6. The highest BCUT2D eigenvalue weighted by atomic mass is 32.2. The number of anilines is 1. The maximum absolute atomic E-state index is 12.8. The summed E-state index contributed by atoms with van der Waals surface area (Å²) in [6.07, 6.45) is 5.01. The second-order valence-electron chi connectivity index (χ2n) is 6.68. The van der Waals surface area contributed by atoms with E-state index in [0.29, 0.717) is 12.3 Å². The van der Waals surface area contributed by atoms with Gasteiger partial charge in [-0.05, 0) is 44.0 Å². The fourth-order valence-electron chi connectivity index (χ4n) is 3.09. The third kappa shape index (κ3) is 6.29. The van der Waals surface area contributed by atoms with E-state index in [1.807, 2.05) is 0 Å². The van der Waals surface area contributed by atoms with E-state index in [1.165, 1.54) is 28.6 Å². The molecular formula is C19H28N2O6S. The van der Waals surface area contributed by atoms with Gasteiger partial charge in [-0.3, -0.25) is 4.79 Å². The summed E-state index contributed by atoms with van der Waals surface area (Å²) < 4.78 is 36.7. The molecule has 0 unspecified atom stereocenters. The summed E-state index contributed by atoms with van der Waals surface area (Å²) in [4.78, 5) is 23.3. The van der Waals surface area contributed by atoms with Crippen LogP contribution in [0, 0.1) is 0 Å². The van der Waals surface area contributed by atoms with Crippen LogP contribution in [0.25, 0.3) is 0 Å². The van der Waals surface area contributed by atoms with E-state index in [1.54, 1.807) is 14.0 Å². The highest BCUT2D eigenvalue weighted by Crippen LogP contribution is 2.26. The smallest absolute Gasteiger partial charge is 0.332 e. The van der Waals surface area contributed by atoms with Gasteiger partial charge in [0.1, 0.15) is 6.61 Å². The molecule has 0 bridgehead atoms. The molecule has 0 heterocycles. The van der Waals surface area contributed by atoms with Crippen LogP contribution >= 0.6 is 0 Å². The van der Waals surface area contributed by atoms with Gasteiger partial charge in [-0.15, -0.1) is 0 Å². The van der Waals surface area contributed by atoms with Gasteiger partial charge in [0.2, 0.25) is 10.0 Å². The molecule has 156 valence electrons. The number of amides is 1. The average molecular weight is 413 g/mol. The summed E-state index contributed by atoms with van der Waals surface area (Å²) in [6.45, 7) is 1.49. The molecule has 0 radical (unpaired) electrons. The monoisotopic (exact) mass is 412 g/mol. The molecule has 0 aliphatic heterocycles. The molecule has 0 aromatic heterocycles. The number of carbonyl (C=O) groups excluding carboxylic acids is 2. The van der Waals surface area contributed by atoms with E-state index in [2.05, 4.69) is 5.32 Å². The largest absolute Gasteiger partial charge is 0.454 e. The quantitative estimate of drug-likeness (QED) is 0.624. The lowest BCUT2D eigenvalue weighted by atomic mass is 9.96. The minimum atomic E-state index is -3.58. The van der Waals surface area contributed by atoms with Crippen molar-refractivity contribution < 1.29 is 27.5 Å².